The Morgan fingerprint density at radius 3 is 2.92 bits per heavy atom. The Morgan fingerprint density at radius 1 is 1.42 bits per heavy atom. The van der Waals surface area contributed by atoms with Crippen LogP contribution in [0.25, 0.3) is 11.0 Å². The highest BCUT2D eigenvalue weighted by atomic mass is 127. The van der Waals surface area contributed by atoms with Crippen molar-refractivity contribution in [3.8, 4) is 0 Å². The largest absolute Gasteiger partial charge is 0.368 e. The Hall–Kier alpha value is -0.630. The Labute approximate surface area is 85.9 Å². The molecule has 2 aromatic rings. The Morgan fingerprint density at radius 2 is 2.17 bits per heavy atom. The average Bonchev–Trinajstić information content (AvgIpc) is 2.31. The van der Waals surface area contributed by atoms with E-state index in [9.17, 15) is 0 Å². The maximum atomic E-state index is 5.81. The first-order valence-corrected chi connectivity index (χ1v) is 4.46. The summed E-state index contributed by atoms with van der Waals surface area (Å²) in [6, 6.07) is 0. The van der Waals surface area contributed by atoms with Crippen LogP contribution in [0.3, 0.4) is 0 Å². The summed E-state index contributed by atoms with van der Waals surface area (Å²) in [5, 5.41) is 7.66. The van der Waals surface area contributed by atoms with Crippen LogP contribution in [0.4, 0.5) is 5.95 Å². The number of anilines is 1. The highest BCUT2D eigenvalue weighted by Gasteiger charge is 2.09. The van der Waals surface area contributed by atoms with Gasteiger partial charge >= 0.3 is 0 Å². The quantitative estimate of drug-likeness (QED) is 0.565. The summed E-state index contributed by atoms with van der Waals surface area (Å²) in [7, 11) is 0. The SMILES string of the molecule is Nc1nc(Cl)c2c(I)n[nH]c2n1. The van der Waals surface area contributed by atoms with E-state index in [1.54, 1.807) is 0 Å². The molecular formula is C5H3ClIN5. The summed E-state index contributed by atoms with van der Waals surface area (Å²) in [5.41, 5.74) is 5.94. The van der Waals surface area contributed by atoms with Crippen LogP contribution in [0.2, 0.25) is 5.15 Å². The van der Waals surface area contributed by atoms with Crippen molar-refractivity contribution >= 4 is 51.2 Å². The van der Waals surface area contributed by atoms with E-state index in [2.05, 4.69) is 20.2 Å². The molecule has 3 N–H and O–H groups in total. The molecule has 0 aliphatic carbocycles. The molecule has 0 radical (unpaired) electrons. The summed E-state index contributed by atoms with van der Waals surface area (Å²) >= 11 is 7.86. The van der Waals surface area contributed by atoms with Crippen LogP contribution in [-0.2, 0) is 0 Å². The van der Waals surface area contributed by atoms with E-state index in [0.29, 0.717) is 16.2 Å². The zero-order valence-corrected chi connectivity index (χ0v) is 8.59. The molecular weight excluding hydrogens is 292 g/mol. The number of nitrogens with zero attached hydrogens (tertiary/aromatic N) is 3. The fourth-order valence-corrected chi connectivity index (χ4v) is 1.93. The van der Waals surface area contributed by atoms with Gasteiger partial charge in [0.15, 0.2) is 5.65 Å². The predicted octanol–water partition coefficient (Wildman–Crippen LogP) is 1.19. The highest BCUT2D eigenvalue weighted by molar-refractivity contribution is 14.1. The van der Waals surface area contributed by atoms with Gasteiger partial charge in [-0.25, -0.2) is 4.98 Å². The normalized spacial score (nSPS) is 10.8. The lowest BCUT2D eigenvalue weighted by Gasteiger charge is -1.93. The van der Waals surface area contributed by atoms with Gasteiger partial charge in [0, 0.05) is 0 Å². The van der Waals surface area contributed by atoms with Gasteiger partial charge in [0.2, 0.25) is 5.95 Å². The Bertz CT molecular complexity index is 439. The second-order valence-corrected chi connectivity index (χ2v) is 3.49. The van der Waals surface area contributed by atoms with Crippen molar-refractivity contribution in [2.75, 3.05) is 5.73 Å². The van der Waals surface area contributed by atoms with E-state index in [0.717, 1.165) is 3.70 Å². The van der Waals surface area contributed by atoms with Crippen LogP contribution in [-0.4, -0.2) is 20.2 Å². The lowest BCUT2D eigenvalue weighted by molar-refractivity contribution is 1.07. The van der Waals surface area contributed by atoms with E-state index >= 15 is 0 Å². The number of nitrogen functional groups attached to an aromatic ring is 1. The van der Waals surface area contributed by atoms with E-state index in [1.807, 2.05) is 22.6 Å². The first-order valence-electron chi connectivity index (χ1n) is 3.01. The molecule has 12 heavy (non-hydrogen) atoms. The molecule has 0 saturated carbocycles. The molecule has 0 fully saturated rings. The molecule has 2 aromatic heterocycles. The lowest BCUT2D eigenvalue weighted by atomic mass is 10.4. The number of hydrogen-bond donors (Lipinski definition) is 2. The topological polar surface area (TPSA) is 80.5 Å². The molecule has 5 nitrogen and oxygen atoms in total. The van der Waals surface area contributed by atoms with Gasteiger partial charge in [0.25, 0.3) is 0 Å². The molecule has 62 valence electrons. The summed E-state index contributed by atoms with van der Waals surface area (Å²) in [6.07, 6.45) is 0. The number of nitrogens with one attached hydrogen (secondary N) is 1. The molecule has 0 aliphatic rings. The van der Waals surface area contributed by atoms with Crippen LogP contribution >= 0.6 is 34.2 Å². The summed E-state index contributed by atoms with van der Waals surface area (Å²) in [5.74, 6) is 0.146. The monoisotopic (exact) mass is 295 g/mol. The second-order valence-electron chi connectivity index (χ2n) is 2.11. The molecule has 0 unspecified atom stereocenters. The van der Waals surface area contributed by atoms with E-state index in [4.69, 9.17) is 17.3 Å². The van der Waals surface area contributed by atoms with Crippen LogP contribution in [0.15, 0.2) is 0 Å². The van der Waals surface area contributed by atoms with Gasteiger partial charge in [-0.2, -0.15) is 10.1 Å². The van der Waals surface area contributed by atoms with E-state index < -0.39 is 0 Å². The van der Waals surface area contributed by atoms with Crippen LogP contribution < -0.4 is 5.73 Å². The number of nitrogens with two attached hydrogens (primary N) is 1. The molecule has 0 aromatic carbocycles. The molecule has 0 aliphatic heterocycles. The first kappa shape index (κ1) is 7.99. The third-order valence-electron chi connectivity index (χ3n) is 1.35. The predicted molar refractivity (Wildman–Crippen MR) is 53.8 cm³/mol. The van der Waals surface area contributed by atoms with Gasteiger partial charge in [-0.3, -0.25) is 5.10 Å². The third kappa shape index (κ3) is 1.11. The van der Waals surface area contributed by atoms with Crippen molar-refractivity contribution in [1.29, 1.82) is 0 Å². The van der Waals surface area contributed by atoms with Gasteiger partial charge in [-0.05, 0) is 22.6 Å². The van der Waals surface area contributed by atoms with E-state index in [1.165, 1.54) is 0 Å². The number of aromatic nitrogens is 4. The third-order valence-corrected chi connectivity index (χ3v) is 2.40. The second kappa shape index (κ2) is 2.70. The fourth-order valence-electron chi connectivity index (χ4n) is 0.871. The zero-order chi connectivity index (χ0) is 8.72. The van der Waals surface area contributed by atoms with Gasteiger partial charge < -0.3 is 5.73 Å². The highest BCUT2D eigenvalue weighted by Crippen LogP contribution is 2.23. The maximum Gasteiger partial charge on any atom is 0.223 e. The Balaban J connectivity index is 2.93. The van der Waals surface area contributed by atoms with Crippen molar-refractivity contribution in [1.82, 2.24) is 20.2 Å². The van der Waals surface area contributed by atoms with Crippen LogP contribution in [0.5, 0.6) is 0 Å². The van der Waals surface area contributed by atoms with Crippen molar-refractivity contribution in [3.63, 3.8) is 0 Å². The summed E-state index contributed by atoms with van der Waals surface area (Å²) in [6.45, 7) is 0. The molecule has 2 rings (SSSR count). The fraction of sp³-hybridized carbons (Fsp3) is 0. The Kier molecular flexibility index (Phi) is 1.80. The minimum atomic E-state index is 0.146. The van der Waals surface area contributed by atoms with Gasteiger partial charge in [-0.15, -0.1) is 0 Å². The van der Waals surface area contributed by atoms with Gasteiger partial charge in [0.1, 0.15) is 8.85 Å². The molecule has 0 saturated heterocycles. The maximum absolute atomic E-state index is 5.81. The molecule has 0 bridgehead atoms. The molecule has 0 amide bonds. The van der Waals surface area contributed by atoms with Crippen LogP contribution in [0.1, 0.15) is 0 Å². The number of fused-ring (bicyclic) bond motifs is 1. The minimum Gasteiger partial charge on any atom is -0.368 e. The summed E-state index contributed by atoms with van der Waals surface area (Å²) in [4.78, 5) is 7.72. The van der Waals surface area contributed by atoms with Crippen LogP contribution in [0, 0.1) is 3.70 Å². The summed E-state index contributed by atoms with van der Waals surface area (Å²) < 4.78 is 0.743. The number of hydrogen-bond acceptors (Lipinski definition) is 4. The van der Waals surface area contributed by atoms with Crippen molar-refractivity contribution < 1.29 is 0 Å². The van der Waals surface area contributed by atoms with E-state index in [-0.39, 0.29) is 5.95 Å². The molecule has 7 heteroatoms. The minimum absolute atomic E-state index is 0.146. The number of aromatic amines is 1. The number of H-pyrrole nitrogens is 1. The zero-order valence-electron chi connectivity index (χ0n) is 5.67. The standard InChI is InChI=1S/C5H3ClIN5/c6-2-1-3(7)11-12-4(1)10-5(8)9-2/h(H3,8,9,10,11,12). The number of halogens is 2. The van der Waals surface area contributed by atoms with Crippen molar-refractivity contribution in [2.45, 2.75) is 0 Å². The van der Waals surface area contributed by atoms with Crippen molar-refractivity contribution in [2.24, 2.45) is 0 Å². The molecule has 2 heterocycles. The smallest absolute Gasteiger partial charge is 0.223 e. The molecule has 0 atom stereocenters. The molecule has 0 spiro atoms. The lowest BCUT2D eigenvalue weighted by Crippen LogP contribution is -1.94. The average molecular weight is 295 g/mol. The first-order chi connectivity index (χ1) is 5.68. The van der Waals surface area contributed by atoms with Gasteiger partial charge in [0.05, 0.1) is 5.39 Å². The van der Waals surface area contributed by atoms with Gasteiger partial charge in [-0.1, -0.05) is 11.6 Å². The number of rotatable bonds is 0. The van der Waals surface area contributed by atoms with Crippen molar-refractivity contribution in [3.05, 3.63) is 8.85 Å².